The quantitative estimate of drug-likeness (QED) is 0.388. The molecule has 1 N–H and O–H groups in total. The number of carbonyl (C=O) groups excluding carboxylic acids is 2. The van der Waals surface area contributed by atoms with Crippen molar-refractivity contribution < 1.29 is 14.3 Å². The minimum Gasteiger partial charge on any atom is -0.427 e. The average molecular weight is 388 g/mol. The third-order valence-corrected chi connectivity index (χ3v) is 5.12. The van der Waals surface area contributed by atoms with E-state index < -0.39 is 5.97 Å². The number of hydrogen-bond acceptors (Lipinski definition) is 5. The number of nitrogens with zero attached hydrogens (tertiary/aromatic N) is 1. The lowest BCUT2D eigenvalue weighted by atomic mass is 10.1. The van der Waals surface area contributed by atoms with Crippen LogP contribution in [-0.2, 0) is 4.79 Å². The van der Waals surface area contributed by atoms with Crippen molar-refractivity contribution in [2.45, 2.75) is 6.92 Å². The molecule has 4 rings (SSSR count). The first-order valence-corrected chi connectivity index (χ1v) is 9.46. The van der Waals surface area contributed by atoms with Gasteiger partial charge < -0.3 is 10.1 Å². The van der Waals surface area contributed by atoms with Crippen molar-refractivity contribution in [3.63, 3.8) is 0 Å². The van der Waals surface area contributed by atoms with Gasteiger partial charge in [0.25, 0.3) is 5.91 Å². The molecule has 3 aromatic carbocycles. The second-order valence-corrected chi connectivity index (χ2v) is 7.17. The van der Waals surface area contributed by atoms with Crippen LogP contribution in [0.15, 0.2) is 72.8 Å². The molecule has 0 aliphatic heterocycles. The zero-order valence-electron chi connectivity index (χ0n) is 15.0. The first-order valence-electron chi connectivity index (χ1n) is 8.64. The molecule has 0 saturated carbocycles. The van der Waals surface area contributed by atoms with Crippen LogP contribution in [0.3, 0.4) is 0 Å². The highest BCUT2D eigenvalue weighted by atomic mass is 32.1. The Balaban J connectivity index is 1.53. The van der Waals surface area contributed by atoms with Crippen LogP contribution in [0.25, 0.3) is 20.8 Å². The molecular weight excluding hydrogens is 372 g/mol. The number of ether oxygens (including phenoxy) is 1. The normalized spacial score (nSPS) is 10.6. The molecule has 1 amide bonds. The molecule has 0 spiro atoms. The number of anilines is 1. The van der Waals surface area contributed by atoms with Gasteiger partial charge in [-0.1, -0.05) is 24.3 Å². The molecule has 138 valence electrons. The Labute approximate surface area is 165 Å². The number of nitrogens with one attached hydrogen (secondary N) is 1. The molecule has 0 fully saturated rings. The van der Waals surface area contributed by atoms with E-state index in [-0.39, 0.29) is 5.91 Å². The summed E-state index contributed by atoms with van der Waals surface area (Å²) in [5.74, 6) is -0.235. The number of rotatable bonds is 4. The fourth-order valence-electron chi connectivity index (χ4n) is 2.77. The SMILES string of the molecule is CC(=O)Oc1ccc(C(=O)Nc2cccc(-c3nc4ccccc4s3)c2)cc1. The molecule has 28 heavy (non-hydrogen) atoms. The Bertz CT molecular complexity index is 1130. The third-order valence-electron chi connectivity index (χ3n) is 4.04. The first kappa shape index (κ1) is 17.9. The molecular formula is C22H16N2O3S. The van der Waals surface area contributed by atoms with E-state index in [9.17, 15) is 9.59 Å². The fourth-order valence-corrected chi connectivity index (χ4v) is 3.73. The lowest BCUT2D eigenvalue weighted by molar-refractivity contribution is -0.131. The smallest absolute Gasteiger partial charge is 0.308 e. The number of carbonyl (C=O) groups is 2. The van der Waals surface area contributed by atoms with Crippen molar-refractivity contribution in [1.29, 1.82) is 0 Å². The summed E-state index contributed by atoms with van der Waals surface area (Å²) in [6.07, 6.45) is 0. The summed E-state index contributed by atoms with van der Waals surface area (Å²) in [4.78, 5) is 28.1. The van der Waals surface area contributed by atoms with Gasteiger partial charge in [0.05, 0.1) is 10.2 Å². The van der Waals surface area contributed by atoms with Crippen LogP contribution < -0.4 is 10.1 Å². The number of hydrogen-bond donors (Lipinski definition) is 1. The summed E-state index contributed by atoms with van der Waals surface area (Å²) < 4.78 is 6.11. The van der Waals surface area contributed by atoms with Crippen LogP contribution in [0.2, 0.25) is 0 Å². The van der Waals surface area contributed by atoms with Gasteiger partial charge in [-0.2, -0.15) is 0 Å². The summed E-state index contributed by atoms with van der Waals surface area (Å²) in [7, 11) is 0. The Hall–Kier alpha value is -3.51. The van der Waals surface area contributed by atoms with Crippen LogP contribution in [-0.4, -0.2) is 16.9 Å². The Kier molecular flexibility index (Phi) is 4.87. The van der Waals surface area contributed by atoms with E-state index in [0.717, 1.165) is 20.8 Å². The average Bonchev–Trinajstić information content (AvgIpc) is 3.12. The first-order chi connectivity index (χ1) is 13.6. The van der Waals surface area contributed by atoms with E-state index in [1.165, 1.54) is 6.92 Å². The number of amides is 1. The van der Waals surface area contributed by atoms with Gasteiger partial charge in [0, 0.05) is 23.7 Å². The minimum atomic E-state index is -0.399. The molecule has 1 heterocycles. The zero-order valence-corrected chi connectivity index (χ0v) is 15.8. The molecule has 0 atom stereocenters. The number of esters is 1. The van der Waals surface area contributed by atoms with Crippen molar-refractivity contribution in [3.05, 3.63) is 78.4 Å². The molecule has 0 unspecified atom stereocenters. The highest BCUT2D eigenvalue weighted by Crippen LogP contribution is 2.31. The van der Waals surface area contributed by atoms with Gasteiger partial charge in [0.1, 0.15) is 10.8 Å². The Morgan fingerprint density at radius 2 is 1.75 bits per heavy atom. The molecule has 0 bridgehead atoms. The third kappa shape index (κ3) is 3.92. The molecule has 0 radical (unpaired) electrons. The van der Waals surface area contributed by atoms with Gasteiger partial charge in [0.15, 0.2) is 0 Å². The summed E-state index contributed by atoms with van der Waals surface area (Å²) in [5.41, 5.74) is 3.07. The van der Waals surface area contributed by atoms with Crippen molar-refractivity contribution in [2.75, 3.05) is 5.32 Å². The summed E-state index contributed by atoms with van der Waals surface area (Å²) in [6, 6.07) is 22.0. The molecule has 4 aromatic rings. The number of aromatic nitrogens is 1. The lowest BCUT2D eigenvalue weighted by Crippen LogP contribution is -2.12. The summed E-state index contributed by atoms with van der Waals surface area (Å²) >= 11 is 1.62. The van der Waals surface area contributed by atoms with Crippen molar-refractivity contribution in [3.8, 4) is 16.3 Å². The monoisotopic (exact) mass is 388 g/mol. The molecule has 5 nitrogen and oxygen atoms in total. The Morgan fingerprint density at radius 3 is 2.50 bits per heavy atom. The second-order valence-electron chi connectivity index (χ2n) is 6.14. The van der Waals surface area contributed by atoms with E-state index in [1.807, 2.05) is 48.5 Å². The van der Waals surface area contributed by atoms with Gasteiger partial charge in [-0.05, 0) is 48.5 Å². The van der Waals surface area contributed by atoms with E-state index in [0.29, 0.717) is 17.0 Å². The summed E-state index contributed by atoms with van der Waals surface area (Å²) in [5, 5.41) is 3.80. The maximum atomic E-state index is 12.5. The van der Waals surface area contributed by atoms with E-state index in [1.54, 1.807) is 35.6 Å². The van der Waals surface area contributed by atoms with E-state index in [4.69, 9.17) is 4.74 Å². The fraction of sp³-hybridized carbons (Fsp3) is 0.0455. The van der Waals surface area contributed by atoms with Crippen LogP contribution >= 0.6 is 11.3 Å². The van der Waals surface area contributed by atoms with Crippen LogP contribution in [0.5, 0.6) is 5.75 Å². The topological polar surface area (TPSA) is 68.3 Å². The van der Waals surface area contributed by atoms with Gasteiger partial charge in [0.2, 0.25) is 0 Å². The lowest BCUT2D eigenvalue weighted by Gasteiger charge is -2.07. The highest BCUT2D eigenvalue weighted by Gasteiger charge is 2.10. The maximum absolute atomic E-state index is 12.5. The van der Waals surface area contributed by atoms with Crippen molar-refractivity contribution in [2.24, 2.45) is 0 Å². The van der Waals surface area contributed by atoms with Gasteiger partial charge in [-0.3, -0.25) is 9.59 Å². The summed E-state index contributed by atoms with van der Waals surface area (Å²) in [6.45, 7) is 1.33. The highest BCUT2D eigenvalue weighted by molar-refractivity contribution is 7.21. The molecule has 6 heteroatoms. The van der Waals surface area contributed by atoms with Crippen LogP contribution in [0.4, 0.5) is 5.69 Å². The van der Waals surface area contributed by atoms with E-state index in [2.05, 4.69) is 10.3 Å². The van der Waals surface area contributed by atoms with Crippen molar-refractivity contribution >= 4 is 39.1 Å². The number of thiazole rings is 1. The molecule has 0 aliphatic carbocycles. The number of benzene rings is 3. The van der Waals surface area contributed by atoms with Gasteiger partial charge in [-0.15, -0.1) is 11.3 Å². The van der Waals surface area contributed by atoms with Crippen LogP contribution in [0.1, 0.15) is 17.3 Å². The van der Waals surface area contributed by atoms with Crippen molar-refractivity contribution in [1.82, 2.24) is 4.98 Å². The van der Waals surface area contributed by atoms with Gasteiger partial charge >= 0.3 is 5.97 Å². The maximum Gasteiger partial charge on any atom is 0.308 e. The second kappa shape index (κ2) is 7.62. The van der Waals surface area contributed by atoms with Crippen LogP contribution in [0, 0.1) is 0 Å². The van der Waals surface area contributed by atoms with E-state index >= 15 is 0 Å². The molecule has 0 aliphatic rings. The number of para-hydroxylation sites is 1. The zero-order chi connectivity index (χ0) is 19.5. The Morgan fingerprint density at radius 1 is 0.964 bits per heavy atom. The number of fused-ring (bicyclic) bond motifs is 1. The predicted octanol–water partition coefficient (Wildman–Crippen LogP) is 5.14. The molecule has 0 saturated heterocycles. The standard InChI is InChI=1S/C22H16N2O3S/c1-14(25)27-18-11-9-15(10-12-18)21(26)23-17-6-4-5-16(13-17)22-24-19-7-2-3-8-20(19)28-22/h2-13H,1H3,(H,23,26). The molecule has 1 aromatic heterocycles. The minimum absolute atomic E-state index is 0.240. The largest absolute Gasteiger partial charge is 0.427 e. The predicted molar refractivity (Wildman–Crippen MR) is 111 cm³/mol. The van der Waals surface area contributed by atoms with Gasteiger partial charge in [-0.25, -0.2) is 4.98 Å².